The summed E-state index contributed by atoms with van der Waals surface area (Å²) in [6, 6.07) is 7.79. The minimum atomic E-state index is -0.181. The molecule has 0 radical (unpaired) electrons. The fraction of sp³-hybridized carbons (Fsp3) is 0.400. The van der Waals surface area contributed by atoms with Crippen LogP contribution in [0.25, 0.3) is 10.9 Å². The van der Waals surface area contributed by atoms with Crippen molar-refractivity contribution in [2.24, 2.45) is 0 Å². The number of Topliss-reactive ketones (excluding diaryl/α,β-unsaturated/α-hetero) is 1. The van der Waals surface area contributed by atoms with E-state index in [1.807, 2.05) is 29.2 Å². The number of nitrogens with zero attached hydrogens (tertiary/aromatic N) is 1. The normalized spacial score (nSPS) is 20.4. The SMILES string of the molecule is O=C(CN1CCOC(CO)C1)c1c[nH]c2ccccc12. The van der Waals surface area contributed by atoms with Crippen molar-refractivity contribution in [1.82, 2.24) is 9.88 Å². The average Bonchev–Trinajstić information content (AvgIpc) is 2.91. The van der Waals surface area contributed by atoms with Gasteiger partial charge in [-0.05, 0) is 6.07 Å². The number of carbonyl (C=O) groups is 1. The third-order valence-corrected chi connectivity index (χ3v) is 3.68. The molecule has 106 valence electrons. The molecule has 0 spiro atoms. The zero-order valence-corrected chi connectivity index (χ0v) is 11.2. The molecule has 2 heterocycles. The molecule has 0 bridgehead atoms. The number of hydrogen-bond donors (Lipinski definition) is 2. The van der Waals surface area contributed by atoms with Crippen molar-refractivity contribution in [3.63, 3.8) is 0 Å². The van der Waals surface area contributed by atoms with Gasteiger partial charge in [-0.25, -0.2) is 0 Å². The number of nitrogens with one attached hydrogen (secondary N) is 1. The number of aliphatic hydroxyl groups is 1. The predicted molar refractivity (Wildman–Crippen MR) is 75.9 cm³/mol. The molecule has 5 heteroatoms. The number of ether oxygens (including phenoxy) is 1. The highest BCUT2D eigenvalue weighted by Crippen LogP contribution is 2.18. The van der Waals surface area contributed by atoms with Gasteiger partial charge < -0.3 is 14.8 Å². The Balaban J connectivity index is 1.73. The predicted octanol–water partition coefficient (Wildman–Crippen LogP) is 1.04. The third-order valence-electron chi connectivity index (χ3n) is 3.68. The van der Waals surface area contributed by atoms with E-state index in [4.69, 9.17) is 9.84 Å². The van der Waals surface area contributed by atoms with Crippen molar-refractivity contribution in [1.29, 1.82) is 0 Å². The summed E-state index contributed by atoms with van der Waals surface area (Å²) in [5, 5.41) is 10.1. The van der Waals surface area contributed by atoms with E-state index in [9.17, 15) is 4.79 Å². The molecular weight excluding hydrogens is 256 g/mol. The van der Waals surface area contributed by atoms with Crippen molar-refractivity contribution in [2.45, 2.75) is 6.10 Å². The fourth-order valence-electron chi connectivity index (χ4n) is 2.62. The van der Waals surface area contributed by atoms with E-state index in [1.165, 1.54) is 0 Å². The zero-order valence-electron chi connectivity index (χ0n) is 11.2. The van der Waals surface area contributed by atoms with Crippen LogP contribution in [0.3, 0.4) is 0 Å². The molecule has 0 saturated carbocycles. The molecule has 5 nitrogen and oxygen atoms in total. The van der Waals surface area contributed by atoms with Crippen LogP contribution in [-0.2, 0) is 4.74 Å². The van der Waals surface area contributed by atoms with Crippen molar-refractivity contribution in [3.05, 3.63) is 36.0 Å². The molecule has 1 saturated heterocycles. The molecule has 2 N–H and O–H groups in total. The highest BCUT2D eigenvalue weighted by Gasteiger charge is 2.22. The molecule has 1 aromatic carbocycles. The number of carbonyl (C=O) groups excluding carboxylic acids is 1. The van der Waals surface area contributed by atoms with Crippen LogP contribution >= 0.6 is 0 Å². The lowest BCUT2D eigenvalue weighted by atomic mass is 10.1. The number of aliphatic hydroxyl groups excluding tert-OH is 1. The van der Waals surface area contributed by atoms with Crippen molar-refractivity contribution in [2.75, 3.05) is 32.8 Å². The maximum absolute atomic E-state index is 12.4. The second-order valence-electron chi connectivity index (χ2n) is 5.08. The van der Waals surface area contributed by atoms with Crippen molar-refractivity contribution >= 4 is 16.7 Å². The highest BCUT2D eigenvalue weighted by atomic mass is 16.5. The Kier molecular flexibility index (Phi) is 3.82. The number of para-hydroxylation sites is 1. The molecule has 2 aromatic rings. The van der Waals surface area contributed by atoms with Crippen LogP contribution in [0.2, 0.25) is 0 Å². The molecule has 0 amide bonds. The van der Waals surface area contributed by atoms with E-state index in [1.54, 1.807) is 6.20 Å². The number of H-pyrrole nitrogens is 1. The summed E-state index contributed by atoms with van der Waals surface area (Å²) >= 11 is 0. The lowest BCUT2D eigenvalue weighted by molar-refractivity contribution is -0.0503. The van der Waals surface area contributed by atoms with E-state index in [0.717, 1.165) is 23.0 Å². The number of hydrogen-bond acceptors (Lipinski definition) is 4. The van der Waals surface area contributed by atoms with Crippen LogP contribution < -0.4 is 0 Å². The molecule has 1 fully saturated rings. The van der Waals surface area contributed by atoms with Crippen molar-refractivity contribution < 1.29 is 14.6 Å². The molecular formula is C15H18N2O3. The van der Waals surface area contributed by atoms with Crippen LogP contribution in [0.1, 0.15) is 10.4 Å². The number of rotatable bonds is 4. The lowest BCUT2D eigenvalue weighted by Crippen LogP contribution is -2.45. The van der Waals surface area contributed by atoms with Crippen molar-refractivity contribution in [3.8, 4) is 0 Å². The summed E-state index contributed by atoms with van der Waals surface area (Å²) in [4.78, 5) is 17.6. The van der Waals surface area contributed by atoms with Gasteiger partial charge in [-0.15, -0.1) is 0 Å². The molecule has 1 atom stereocenters. The van der Waals surface area contributed by atoms with Gasteiger partial charge in [0.2, 0.25) is 0 Å². The van der Waals surface area contributed by atoms with E-state index in [2.05, 4.69) is 4.98 Å². The van der Waals surface area contributed by atoms with Gasteiger partial charge >= 0.3 is 0 Å². The Morgan fingerprint density at radius 3 is 3.15 bits per heavy atom. The number of benzene rings is 1. The first kappa shape index (κ1) is 13.3. The lowest BCUT2D eigenvalue weighted by Gasteiger charge is -2.31. The molecule has 1 unspecified atom stereocenters. The van der Waals surface area contributed by atoms with Gasteiger partial charge in [-0.2, -0.15) is 0 Å². The van der Waals surface area contributed by atoms with E-state index < -0.39 is 0 Å². The summed E-state index contributed by atoms with van der Waals surface area (Å²) in [6.45, 7) is 2.25. The number of fused-ring (bicyclic) bond motifs is 1. The molecule has 3 rings (SSSR count). The first-order valence-electron chi connectivity index (χ1n) is 6.82. The van der Waals surface area contributed by atoms with Gasteiger partial charge in [-0.3, -0.25) is 9.69 Å². The Labute approximate surface area is 117 Å². The second kappa shape index (κ2) is 5.75. The number of ketones is 1. The molecule has 0 aliphatic carbocycles. The Morgan fingerprint density at radius 1 is 1.45 bits per heavy atom. The van der Waals surface area contributed by atoms with E-state index in [0.29, 0.717) is 19.7 Å². The standard InChI is InChI=1S/C15H18N2O3/c18-10-11-8-17(5-6-20-11)9-15(19)13-7-16-14-4-2-1-3-12(13)14/h1-4,7,11,16,18H,5-6,8-10H2. The van der Waals surface area contributed by atoms with Crippen LogP contribution in [-0.4, -0.2) is 59.7 Å². The number of aromatic nitrogens is 1. The van der Waals surface area contributed by atoms with Gasteiger partial charge in [0.1, 0.15) is 0 Å². The maximum atomic E-state index is 12.4. The monoisotopic (exact) mass is 274 g/mol. The van der Waals surface area contributed by atoms with Gasteiger partial charge in [0.15, 0.2) is 5.78 Å². The van der Waals surface area contributed by atoms with Gasteiger partial charge in [0, 0.05) is 35.8 Å². The van der Waals surface area contributed by atoms with E-state index in [-0.39, 0.29) is 18.5 Å². The van der Waals surface area contributed by atoms with Crippen LogP contribution in [0.5, 0.6) is 0 Å². The van der Waals surface area contributed by atoms with Crippen LogP contribution in [0.4, 0.5) is 0 Å². The first-order valence-corrected chi connectivity index (χ1v) is 6.82. The van der Waals surface area contributed by atoms with Gasteiger partial charge in [-0.1, -0.05) is 18.2 Å². The molecule has 1 aromatic heterocycles. The zero-order chi connectivity index (χ0) is 13.9. The summed E-state index contributed by atoms with van der Waals surface area (Å²) < 4.78 is 5.39. The minimum absolute atomic E-state index is 0.00221. The number of morpholine rings is 1. The largest absolute Gasteiger partial charge is 0.394 e. The van der Waals surface area contributed by atoms with Crippen LogP contribution in [0, 0.1) is 0 Å². The van der Waals surface area contributed by atoms with Gasteiger partial charge in [0.25, 0.3) is 0 Å². The molecule has 1 aliphatic heterocycles. The summed E-state index contributed by atoms with van der Waals surface area (Å²) in [5.41, 5.74) is 1.71. The molecule has 1 aliphatic rings. The van der Waals surface area contributed by atoms with E-state index >= 15 is 0 Å². The fourth-order valence-corrected chi connectivity index (χ4v) is 2.62. The summed E-state index contributed by atoms with van der Waals surface area (Å²) in [7, 11) is 0. The van der Waals surface area contributed by atoms with Crippen LogP contribution in [0.15, 0.2) is 30.5 Å². The average molecular weight is 274 g/mol. The quantitative estimate of drug-likeness (QED) is 0.818. The number of aromatic amines is 1. The highest BCUT2D eigenvalue weighted by molar-refractivity contribution is 6.08. The second-order valence-corrected chi connectivity index (χ2v) is 5.08. The summed E-state index contributed by atoms with van der Waals surface area (Å²) in [5.74, 6) is 0.0982. The first-order chi connectivity index (χ1) is 9.78. The Morgan fingerprint density at radius 2 is 2.30 bits per heavy atom. The maximum Gasteiger partial charge on any atom is 0.178 e. The van der Waals surface area contributed by atoms with Gasteiger partial charge in [0.05, 0.1) is 25.9 Å². The smallest absolute Gasteiger partial charge is 0.178 e. The topological polar surface area (TPSA) is 65.6 Å². The third kappa shape index (κ3) is 2.60. The summed E-state index contributed by atoms with van der Waals surface area (Å²) in [6.07, 6.45) is 1.59. The Bertz CT molecular complexity index is 608. The minimum Gasteiger partial charge on any atom is -0.394 e. The Hall–Kier alpha value is -1.69. The molecule has 20 heavy (non-hydrogen) atoms.